The van der Waals surface area contributed by atoms with E-state index in [1.54, 1.807) is 11.3 Å². The second-order valence-electron chi connectivity index (χ2n) is 2.73. The van der Waals surface area contributed by atoms with Crippen LogP contribution in [0.25, 0.3) is 0 Å². The standard InChI is InChI=1S/C8H14BrN3S/c1-3-12(4-2)6-5-7-10-11-8(9)13-7/h3-6H2,1-2H3. The number of hydrogen-bond donors (Lipinski definition) is 0. The van der Waals surface area contributed by atoms with Gasteiger partial charge < -0.3 is 4.90 Å². The average Bonchev–Trinajstić information content (AvgIpc) is 2.53. The Hall–Kier alpha value is -0.0000000000000000833. The Bertz CT molecular complexity index is 247. The van der Waals surface area contributed by atoms with Crippen LogP contribution in [0.15, 0.2) is 3.92 Å². The molecule has 13 heavy (non-hydrogen) atoms. The zero-order valence-electron chi connectivity index (χ0n) is 7.96. The zero-order valence-corrected chi connectivity index (χ0v) is 10.4. The van der Waals surface area contributed by atoms with E-state index in [4.69, 9.17) is 0 Å². The minimum absolute atomic E-state index is 0.877. The number of halogens is 1. The maximum absolute atomic E-state index is 4.05. The van der Waals surface area contributed by atoms with Gasteiger partial charge in [0.2, 0.25) is 0 Å². The predicted molar refractivity (Wildman–Crippen MR) is 59.1 cm³/mol. The van der Waals surface area contributed by atoms with Gasteiger partial charge in [0.05, 0.1) is 0 Å². The van der Waals surface area contributed by atoms with E-state index in [1.807, 2.05) is 0 Å². The number of nitrogens with zero attached hydrogens (tertiary/aromatic N) is 3. The van der Waals surface area contributed by atoms with Crippen LogP contribution in [-0.2, 0) is 6.42 Å². The van der Waals surface area contributed by atoms with Gasteiger partial charge in [-0.1, -0.05) is 25.2 Å². The fraction of sp³-hybridized carbons (Fsp3) is 0.750. The van der Waals surface area contributed by atoms with Crippen molar-refractivity contribution in [3.8, 4) is 0 Å². The molecule has 0 radical (unpaired) electrons. The molecule has 5 heteroatoms. The first kappa shape index (κ1) is 11.1. The minimum atomic E-state index is 0.877. The highest BCUT2D eigenvalue weighted by Gasteiger charge is 2.03. The van der Waals surface area contributed by atoms with E-state index in [2.05, 4.69) is 44.9 Å². The van der Waals surface area contributed by atoms with Crippen molar-refractivity contribution < 1.29 is 0 Å². The lowest BCUT2D eigenvalue weighted by Gasteiger charge is -2.16. The normalized spacial score (nSPS) is 11.1. The molecule has 0 aliphatic carbocycles. The fourth-order valence-electron chi connectivity index (χ4n) is 1.13. The van der Waals surface area contributed by atoms with Crippen molar-refractivity contribution in [1.29, 1.82) is 0 Å². The summed E-state index contributed by atoms with van der Waals surface area (Å²) < 4.78 is 0.877. The van der Waals surface area contributed by atoms with Gasteiger partial charge in [0, 0.05) is 13.0 Å². The summed E-state index contributed by atoms with van der Waals surface area (Å²) in [4.78, 5) is 2.38. The Morgan fingerprint density at radius 1 is 1.31 bits per heavy atom. The van der Waals surface area contributed by atoms with Crippen LogP contribution in [0.1, 0.15) is 18.9 Å². The van der Waals surface area contributed by atoms with Gasteiger partial charge >= 0.3 is 0 Å². The molecule has 1 heterocycles. The van der Waals surface area contributed by atoms with Gasteiger partial charge in [-0.05, 0) is 29.0 Å². The largest absolute Gasteiger partial charge is 0.303 e. The fourth-order valence-corrected chi connectivity index (χ4v) is 2.32. The molecule has 1 aromatic heterocycles. The van der Waals surface area contributed by atoms with E-state index in [-0.39, 0.29) is 0 Å². The summed E-state index contributed by atoms with van der Waals surface area (Å²) >= 11 is 4.92. The first-order chi connectivity index (χ1) is 6.26. The zero-order chi connectivity index (χ0) is 9.68. The van der Waals surface area contributed by atoms with Crippen LogP contribution in [0, 0.1) is 0 Å². The number of likely N-dealkylation sites (N-methyl/N-ethyl adjacent to an activating group) is 1. The van der Waals surface area contributed by atoms with E-state index < -0.39 is 0 Å². The van der Waals surface area contributed by atoms with Crippen molar-refractivity contribution in [3.63, 3.8) is 0 Å². The lowest BCUT2D eigenvalue weighted by Crippen LogP contribution is -2.25. The highest BCUT2D eigenvalue weighted by Crippen LogP contribution is 2.16. The quantitative estimate of drug-likeness (QED) is 0.816. The minimum Gasteiger partial charge on any atom is -0.303 e. The van der Waals surface area contributed by atoms with Crippen LogP contribution in [-0.4, -0.2) is 34.7 Å². The van der Waals surface area contributed by atoms with Crippen molar-refractivity contribution in [2.24, 2.45) is 0 Å². The van der Waals surface area contributed by atoms with Crippen LogP contribution < -0.4 is 0 Å². The van der Waals surface area contributed by atoms with Gasteiger partial charge in [-0.3, -0.25) is 0 Å². The summed E-state index contributed by atoms with van der Waals surface area (Å²) in [7, 11) is 0. The molecule has 0 atom stereocenters. The molecule has 0 saturated heterocycles. The molecule has 3 nitrogen and oxygen atoms in total. The molecule has 0 amide bonds. The molecule has 0 saturated carbocycles. The maximum Gasteiger partial charge on any atom is 0.183 e. The van der Waals surface area contributed by atoms with Gasteiger partial charge in [-0.15, -0.1) is 10.2 Å². The van der Waals surface area contributed by atoms with E-state index in [0.29, 0.717) is 0 Å². The molecule has 0 aliphatic heterocycles. The van der Waals surface area contributed by atoms with Crippen molar-refractivity contribution in [1.82, 2.24) is 15.1 Å². The lowest BCUT2D eigenvalue weighted by atomic mass is 10.4. The van der Waals surface area contributed by atoms with Crippen LogP contribution >= 0.6 is 27.3 Å². The Kier molecular flexibility index (Phi) is 4.83. The van der Waals surface area contributed by atoms with E-state index >= 15 is 0 Å². The van der Waals surface area contributed by atoms with Gasteiger partial charge in [0.15, 0.2) is 3.92 Å². The smallest absolute Gasteiger partial charge is 0.183 e. The molecule has 0 N–H and O–H groups in total. The number of aromatic nitrogens is 2. The molecule has 1 aromatic rings. The molecule has 0 unspecified atom stereocenters. The van der Waals surface area contributed by atoms with Gasteiger partial charge in [-0.2, -0.15) is 0 Å². The summed E-state index contributed by atoms with van der Waals surface area (Å²) in [5.41, 5.74) is 0. The Labute approximate surface area is 91.3 Å². The van der Waals surface area contributed by atoms with E-state index in [9.17, 15) is 0 Å². The first-order valence-corrected chi connectivity index (χ1v) is 6.07. The second-order valence-corrected chi connectivity index (χ2v) is 5.06. The Morgan fingerprint density at radius 3 is 2.46 bits per heavy atom. The summed E-state index contributed by atoms with van der Waals surface area (Å²) in [6.07, 6.45) is 1.00. The van der Waals surface area contributed by atoms with Crippen molar-refractivity contribution in [2.75, 3.05) is 19.6 Å². The molecule has 0 bridgehead atoms. The molecular formula is C8H14BrN3S. The Morgan fingerprint density at radius 2 is 2.00 bits per heavy atom. The topological polar surface area (TPSA) is 29.0 Å². The third-order valence-corrected chi connectivity index (χ3v) is 3.39. The maximum atomic E-state index is 4.05. The third kappa shape index (κ3) is 3.70. The summed E-state index contributed by atoms with van der Waals surface area (Å²) in [6.45, 7) is 7.65. The van der Waals surface area contributed by atoms with Crippen LogP contribution in [0.5, 0.6) is 0 Å². The number of hydrogen-bond acceptors (Lipinski definition) is 4. The average molecular weight is 264 g/mol. The predicted octanol–water partition coefficient (Wildman–Crippen LogP) is 2.18. The molecular weight excluding hydrogens is 250 g/mol. The third-order valence-electron chi connectivity index (χ3n) is 1.98. The summed E-state index contributed by atoms with van der Waals surface area (Å²) in [6, 6.07) is 0. The van der Waals surface area contributed by atoms with Crippen LogP contribution in [0.4, 0.5) is 0 Å². The van der Waals surface area contributed by atoms with Gasteiger partial charge in [-0.25, -0.2) is 0 Å². The van der Waals surface area contributed by atoms with Crippen molar-refractivity contribution in [3.05, 3.63) is 8.92 Å². The second kappa shape index (κ2) is 5.67. The summed E-state index contributed by atoms with van der Waals surface area (Å²) in [5, 5.41) is 9.07. The molecule has 74 valence electrons. The Balaban J connectivity index is 2.33. The van der Waals surface area contributed by atoms with Crippen molar-refractivity contribution in [2.45, 2.75) is 20.3 Å². The lowest BCUT2D eigenvalue weighted by molar-refractivity contribution is 0.307. The van der Waals surface area contributed by atoms with Gasteiger partial charge in [0.25, 0.3) is 0 Å². The van der Waals surface area contributed by atoms with Gasteiger partial charge in [0.1, 0.15) is 5.01 Å². The van der Waals surface area contributed by atoms with E-state index in [0.717, 1.165) is 35.0 Å². The highest BCUT2D eigenvalue weighted by atomic mass is 79.9. The summed E-state index contributed by atoms with van der Waals surface area (Å²) in [5.74, 6) is 0. The van der Waals surface area contributed by atoms with Crippen LogP contribution in [0.2, 0.25) is 0 Å². The number of rotatable bonds is 5. The first-order valence-electron chi connectivity index (χ1n) is 4.46. The molecule has 0 aliphatic rings. The monoisotopic (exact) mass is 263 g/mol. The molecule has 0 aromatic carbocycles. The van der Waals surface area contributed by atoms with Crippen molar-refractivity contribution >= 4 is 27.3 Å². The molecule has 0 spiro atoms. The van der Waals surface area contributed by atoms with E-state index in [1.165, 1.54) is 0 Å². The molecule has 0 fully saturated rings. The van der Waals surface area contributed by atoms with Crippen LogP contribution in [0.3, 0.4) is 0 Å². The molecule has 1 rings (SSSR count). The highest BCUT2D eigenvalue weighted by molar-refractivity contribution is 9.11. The SMILES string of the molecule is CCN(CC)CCc1nnc(Br)s1.